The Labute approximate surface area is 112 Å². The molecule has 2 aliphatic heterocycles. The van der Waals surface area contributed by atoms with Gasteiger partial charge in [0.1, 0.15) is 0 Å². The first-order chi connectivity index (χ1) is 8.81. The number of fused-ring (bicyclic) bond motifs is 1. The zero-order valence-electron chi connectivity index (χ0n) is 10.4. The van der Waals surface area contributed by atoms with Gasteiger partial charge in [-0.3, -0.25) is 4.79 Å². The summed E-state index contributed by atoms with van der Waals surface area (Å²) in [6.45, 7) is 2.35. The third-order valence-electron chi connectivity index (χ3n) is 3.68. The highest BCUT2D eigenvalue weighted by Crippen LogP contribution is 2.32. The molecule has 0 saturated carbocycles. The summed E-state index contributed by atoms with van der Waals surface area (Å²) in [6.07, 6.45) is 3.73. The lowest BCUT2D eigenvalue weighted by atomic mass is 9.99. The van der Waals surface area contributed by atoms with Crippen molar-refractivity contribution >= 4 is 23.4 Å². The average Bonchev–Trinajstić information content (AvgIpc) is 2.89. The Morgan fingerprint density at radius 1 is 1.39 bits per heavy atom. The maximum Gasteiger partial charge on any atom is 0.234 e. The van der Waals surface area contributed by atoms with E-state index in [0.717, 1.165) is 18.0 Å². The molecule has 1 fully saturated rings. The Hall–Kier alpha value is -1.00. The van der Waals surface area contributed by atoms with E-state index in [4.69, 9.17) is 0 Å². The van der Waals surface area contributed by atoms with E-state index in [1.165, 1.54) is 36.4 Å². The normalized spacial score (nSPS) is 22.7. The Morgan fingerprint density at radius 3 is 3.17 bits per heavy atom. The molecule has 96 valence electrons. The van der Waals surface area contributed by atoms with Crippen molar-refractivity contribution in [2.24, 2.45) is 5.92 Å². The number of aryl methyl sites for hydroxylation is 1. The van der Waals surface area contributed by atoms with Gasteiger partial charge in [-0.05, 0) is 56.0 Å². The van der Waals surface area contributed by atoms with Crippen LogP contribution in [0.15, 0.2) is 23.1 Å². The van der Waals surface area contributed by atoms with Gasteiger partial charge in [0, 0.05) is 4.90 Å². The molecule has 3 rings (SSSR count). The first-order valence-corrected chi connectivity index (χ1v) is 7.56. The Kier molecular flexibility index (Phi) is 3.57. The van der Waals surface area contributed by atoms with Gasteiger partial charge in [0.2, 0.25) is 5.91 Å². The summed E-state index contributed by atoms with van der Waals surface area (Å²) in [5.41, 5.74) is 2.37. The second-order valence-electron chi connectivity index (χ2n) is 5.06. The number of carbonyl (C=O) groups is 1. The van der Waals surface area contributed by atoms with Crippen LogP contribution >= 0.6 is 11.8 Å². The first kappa shape index (κ1) is 12.1. The quantitative estimate of drug-likeness (QED) is 0.878. The number of hydrogen-bond donors (Lipinski definition) is 2. The first-order valence-electron chi connectivity index (χ1n) is 6.57. The Morgan fingerprint density at radius 2 is 2.33 bits per heavy atom. The third kappa shape index (κ3) is 2.70. The molecule has 3 nitrogen and oxygen atoms in total. The molecule has 0 radical (unpaired) electrons. The summed E-state index contributed by atoms with van der Waals surface area (Å²) >= 11 is 1.64. The minimum atomic E-state index is 0.109. The van der Waals surface area contributed by atoms with Crippen LogP contribution in [0, 0.1) is 5.92 Å². The van der Waals surface area contributed by atoms with Crippen LogP contribution < -0.4 is 10.6 Å². The molecule has 2 aliphatic rings. The third-order valence-corrected chi connectivity index (χ3v) is 4.74. The SMILES string of the molecule is O=C1CSc2cc(CCC3CCNC3)ccc2N1. The van der Waals surface area contributed by atoms with E-state index in [2.05, 4.69) is 22.8 Å². The summed E-state index contributed by atoms with van der Waals surface area (Å²) in [7, 11) is 0. The maximum atomic E-state index is 11.3. The van der Waals surface area contributed by atoms with Crippen molar-refractivity contribution < 1.29 is 4.79 Å². The topological polar surface area (TPSA) is 41.1 Å². The molecule has 0 spiro atoms. The van der Waals surface area contributed by atoms with Crippen LogP contribution in [0.3, 0.4) is 0 Å². The molecule has 1 atom stereocenters. The lowest BCUT2D eigenvalue weighted by molar-refractivity contribution is -0.113. The minimum absolute atomic E-state index is 0.109. The summed E-state index contributed by atoms with van der Waals surface area (Å²) in [5, 5.41) is 6.33. The van der Waals surface area contributed by atoms with Crippen molar-refractivity contribution in [2.75, 3.05) is 24.2 Å². The van der Waals surface area contributed by atoms with Gasteiger partial charge in [0.05, 0.1) is 11.4 Å². The average molecular weight is 262 g/mol. The number of rotatable bonds is 3. The molecule has 1 unspecified atom stereocenters. The summed E-state index contributed by atoms with van der Waals surface area (Å²) < 4.78 is 0. The number of anilines is 1. The smallest absolute Gasteiger partial charge is 0.234 e. The van der Waals surface area contributed by atoms with Gasteiger partial charge < -0.3 is 10.6 Å². The van der Waals surface area contributed by atoms with E-state index in [1.807, 2.05) is 6.07 Å². The highest BCUT2D eigenvalue weighted by Gasteiger charge is 2.17. The minimum Gasteiger partial charge on any atom is -0.324 e. The van der Waals surface area contributed by atoms with Gasteiger partial charge in [-0.25, -0.2) is 0 Å². The van der Waals surface area contributed by atoms with Crippen molar-refractivity contribution in [3.05, 3.63) is 23.8 Å². The van der Waals surface area contributed by atoms with Crippen molar-refractivity contribution in [1.82, 2.24) is 5.32 Å². The molecule has 1 aromatic carbocycles. The Bertz CT molecular complexity index is 455. The van der Waals surface area contributed by atoms with Crippen LogP contribution in [0.1, 0.15) is 18.4 Å². The molecule has 2 heterocycles. The predicted octanol–water partition coefficient (Wildman–Crippen LogP) is 2.27. The molecule has 1 amide bonds. The van der Waals surface area contributed by atoms with E-state index in [1.54, 1.807) is 11.8 Å². The van der Waals surface area contributed by atoms with Crippen LogP contribution in [-0.4, -0.2) is 24.7 Å². The number of amides is 1. The van der Waals surface area contributed by atoms with E-state index in [9.17, 15) is 4.79 Å². The van der Waals surface area contributed by atoms with Gasteiger partial charge in [-0.1, -0.05) is 6.07 Å². The molecule has 1 saturated heterocycles. The van der Waals surface area contributed by atoms with Crippen LogP contribution in [0.2, 0.25) is 0 Å². The predicted molar refractivity (Wildman–Crippen MR) is 75.1 cm³/mol. The molecule has 2 N–H and O–H groups in total. The van der Waals surface area contributed by atoms with Crippen molar-refractivity contribution in [3.63, 3.8) is 0 Å². The standard InChI is InChI=1S/C14H18N2OS/c17-14-9-18-13-7-10(3-4-12(13)16-14)1-2-11-5-6-15-8-11/h3-4,7,11,15H,1-2,5-6,8-9H2,(H,16,17). The van der Waals surface area contributed by atoms with E-state index < -0.39 is 0 Å². The number of hydrogen-bond acceptors (Lipinski definition) is 3. The monoisotopic (exact) mass is 262 g/mol. The largest absolute Gasteiger partial charge is 0.324 e. The van der Waals surface area contributed by atoms with Crippen LogP contribution in [0.4, 0.5) is 5.69 Å². The van der Waals surface area contributed by atoms with Gasteiger partial charge in [-0.15, -0.1) is 11.8 Å². The molecule has 0 bridgehead atoms. The molecule has 18 heavy (non-hydrogen) atoms. The van der Waals surface area contributed by atoms with Crippen LogP contribution in [0.5, 0.6) is 0 Å². The number of nitrogens with one attached hydrogen (secondary N) is 2. The molecule has 1 aromatic rings. The Balaban J connectivity index is 1.64. The van der Waals surface area contributed by atoms with Crippen LogP contribution in [0.25, 0.3) is 0 Å². The lowest BCUT2D eigenvalue weighted by Crippen LogP contribution is -2.18. The zero-order chi connectivity index (χ0) is 12.4. The fourth-order valence-electron chi connectivity index (χ4n) is 2.61. The van der Waals surface area contributed by atoms with Crippen LogP contribution in [-0.2, 0) is 11.2 Å². The van der Waals surface area contributed by atoms with E-state index >= 15 is 0 Å². The summed E-state index contributed by atoms with van der Waals surface area (Å²) in [4.78, 5) is 12.5. The van der Waals surface area contributed by atoms with E-state index in [-0.39, 0.29) is 5.91 Å². The fourth-order valence-corrected chi connectivity index (χ4v) is 3.47. The van der Waals surface area contributed by atoms with Gasteiger partial charge in [0.25, 0.3) is 0 Å². The zero-order valence-corrected chi connectivity index (χ0v) is 11.2. The molecule has 0 aromatic heterocycles. The number of thioether (sulfide) groups is 1. The number of carbonyl (C=O) groups excluding carboxylic acids is 1. The maximum absolute atomic E-state index is 11.3. The highest BCUT2D eigenvalue weighted by molar-refractivity contribution is 8.00. The fraction of sp³-hybridized carbons (Fsp3) is 0.500. The molecule has 0 aliphatic carbocycles. The van der Waals surface area contributed by atoms with Crippen molar-refractivity contribution in [2.45, 2.75) is 24.2 Å². The van der Waals surface area contributed by atoms with Gasteiger partial charge in [-0.2, -0.15) is 0 Å². The second-order valence-corrected chi connectivity index (χ2v) is 6.08. The molecular weight excluding hydrogens is 244 g/mol. The highest BCUT2D eigenvalue weighted by atomic mass is 32.2. The number of benzene rings is 1. The van der Waals surface area contributed by atoms with Crippen molar-refractivity contribution in [1.29, 1.82) is 0 Å². The lowest BCUT2D eigenvalue weighted by Gasteiger charge is -2.17. The molecular formula is C14H18N2OS. The van der Waals surface area contributed by atoms with Gasteiger partial charge in [0.15, 0.2) is 0 Å². The summed E-state index contributed by atoms with van der Waals surface area (Å²) in [5.74, 6) is 1.49. The van der Waals surface area contributed by atoms with Crippen molar-refractivity contribution in [3.8, 4) is 0 Å². The van der Waals surface area contributed by atoms with E-state index in [0.29, 0.717) is 5.75 Å². The molecule has 4 heteroatoms. The van der Waals surface area contributed by atoms with Gasteiger partial charge >= 0.3 is 0 Å². The second kappa shape index (κ2) is 5.33. The summed E-state index contributed by atoms with van der Waals surface area (Å²) in [6, 6.07) is 6.43.